The molecule has 0 aromatic carbocycles. The van der Waals surface area contributed by atoms with Crippen LogP contribution in [0.15, 0.2) is 0 Å². The summed E-state index contributed by atoms with van der Waals surface area (Å²) in [6.45, 7) is 3.93. The standard InChI is InChI=1S/C8H17N3O2/c1-6(9)8(13)11-3-2-10-4-7(12)5-11/h6-7,10,12H,2-5,9H2,1H3. The van der Waals surface area contributed by atoms with Crippen LogP contribution < -0.4 is 11.1 Å². The van der Waals surface area contributed by atoms with Gasteiger partial charge in [-0.1, -0.05) is 0 Å². The number of aliphatic hydroxyl groups is 1. The average Bonchev–Trinajstić information content (AvgIpc) is 2.28. The maximum atomic E-state index is 11.5. The van der Waals surface area contributed by atoms with E-state index in [4.69, 9.17) is 5.73 Å². The molecule has 2 atom stereocenters. The van der Waals surface area contributed by atoms with Gasteiger partial charge in [-0.3, -0.25) is 4.79 Å². The molecule has 0 saturated carbocycles. The minimum Gasteiger partial charge on any atom is -0.390 e. The van der Waals surface area contributed by atoms with Gasteiger partial charge in [0.2, 0.25) is 5.91 Å². The zero-order chi connectivity index (χ0) is 9.84. The second kappa shape index (κ2) is 4.55. The molecule has 0 aromatic rings. The maximum absolute atomic E-state index is 11.5. The number of amides is 1. The number of aliphatic hydroxyl groups excluding tert-OH is 1. The van der Waals surface area contributed by atoms with Gasteiger partial charge in [-0.25, -0.2) is 0 Å². The van der Waals surface area contributed by atoms with Crippen LogP contribution in [0.1, 0.15) is 6.92 Å². The first-order valence-corrected chi connectivity index (χ1v) is 4.54. The average molecular weight is 187 g/mol. The molecule has 0 aromatic heterocycles. The summed E-state index contributed by atoms with van der Waals surface area (Å²) in [6.07, 6.45) is -0.481. The van der Waals surface area contributed by atoms with E-state index >= 15 is 0 Å². The Morgan fingerprint density at radius 3 is 3.08 bits per heavy atom. The van der Waals surface area contributed by atoms with E-state index in [-0.39, 0.29) is 5.91 Å². The number of nitrogens with zero attached hydrogens (tertiary/aromatic N) is 1. The normalized spacial score (nSPS) is 26.7. The molecule has 1 saturated heterocycles. The van der Waals surface area contributed by atoms with E-state index in [1.165, 1.54) is 0 Å². The predicted molar refractivity (Wildman–Crippen MR) is 49.1 cm³/mol. The van der Waals surface area contributed by atoms with E-state index in [0.29, 0.717) is 19.6 Å². The summed E-state index contributed by atoms with van der Waals surface area (Å²) in [5, 5.41) is 12.4. The summed E-state index contributed by atoms with van der Waals surface area (Å²) in [7, 11) is 0. The minimum absolute atomic E-state index is 0.0947. The first-order valence-electron chi connectivity index (χ1n) is 4.54. The molecule has 0 aliphatic carbocycles. The number of carbonyl (C=O) groups excluding carboxylic acids is 1. The predicted octanol–water partition coefficient (Wildman–Crippen LogP) is -1.87. The van der Waals surface area contributed by atoms with E-state index < -0.39 is 12.1 Å². The molecule has 0 spiro atoms. The number of hydrogen-bond donors (Lipinski definition) is 3. The van der Waals surface area contributed by atoms with Crippen LogP contribution in [-0.4, -0.2) is 54.2 Å². The number of nitrogens with one attached hydrogen (secondary N) is 1. The number of carbonyl (C=O) groups is 1. The fourth-order valence-electron chi connectivity index (χ4n) is 1.38. The maximum Gasteiger partial charge on any atom is 0.239 e. The zero-order valence-electron chi connectivity index (χ0n) is 7.86. The molecule has 1 amide bonds. The molecule has 1 fully saturated rings. The Balaban J connectivity index is 2.52. The van der Waals surface area contributed by atoms with E-state index in [2.05, 4.69) is 5.32 Å². The van der Waals surface area contributed by atoms with E-state index in [1.807, 2.05) is 0 Å². The molecule has 76 valence electrons. The van der Waals surface area contributed by atoms with E-state index in [0.717, 1.165) is 6.54 Å². The van der Waals surface area contributed by atoms with Gasteiger partial charge in [-0.05, 0) is 6.92 Å². The lowest BCUT2D eigenvalue weighted by atomic mass is 10.2. The van der Waals surface area contributed by atoms with Crippen molar-refractivity contribution >= 4 is 5.91 Å². The lowest BCUT2D eigenvalue weighted by Crippen LogP contribution is -2.45. The SMILES string of the molecule is CC(N)C(=O)N1CCNCC(O)C1. The van der Waals surface area contributed by atoms with Gasteiger partial charge in [0.1, 0.15) is 0 Å². The fraction of sp³-hybridized carbons (Fsp3) is 0.875. The van der Waals surface area contributed by atoms with Crippen LogP contribution in [0.4, 0.5) is 0 Å². The number of β-amino-alcohol motifs (C(OH)–C–C–N with tert-alkyl or cyclic N) is 1. The van der Waals surface area contributed by atoms with Gasteiger partial charge in [0.05, 0.1) is 12.1 Å². The molecule has 5 nitrogen and oxygen atoms in total. The Morgan fingerprint density at radius 2 is 2.46 bits per heavy atom. The van der Waals surface area contributed by atoms with Crippen molar-refractivity contribution in [1.29, 1.82) is 0 Å². The van der Waals surface area contributed by atoms with Crippen LogP contribution in [0.5, 0.6) is 0 Å². The van der Waals surface area contributed by atoms with Crippen molar-refractivity contribution in [3.05, 3.63) is 0 Å². The third-order valence-corrected chi connectivity index (χ3v) is 2.07. The van der Waals surface area contributed by atoms with Gasteiger partial charge < -0.3 is 21.1 Å². The highest BCUT2D eigenvalue weighted by Gasteiger charge is 2.21. The van der Waals surface area contributed by atoms with Gasteiger partial charge in [-0.2, -0.15) is 0 Å². The topological polar surface area (TPSA) is 78.6 Å². The third-order valence-electron chi connectivity index (χ3n) is 2.07. The Morgan fingerprint density at radius 1 is 1.77 bits per heavy atom. The molecule has 2 unspecified atom stereocenters. The molecular formula is C8H17N3O2. The summed E-state index contributed by atoms with van der Waals surface area (Å²) in [6, 6.07) is -0.481. The minimum atomic E-state index is -0.481. The molecule has 4 N–H and O–H groups in total. The smallest absolute Gasteiger partial charge is 0.239 e. The van der Waals surface area contributed by atoms with E-state index in [1.54, 1.807) is 11.8 Å². The molecule has 5 heteroatoms. The van der Waals surface area contributed by atoms with Crippen molar-refractivity contribution in [3.63, 3.8) is 0 Å². The van der Waals surface area contributed by atoms with Gasteiger partial charge >= 0.3 is 0 Å². The lowest BCUT2D eigenvalue weighted by molar-refractivity contribution is -0.133. The zero-order valence-corrected chi connectivity index (χ0v) is 7.86. The highest BCUT2D eigenvalue weighted by molar-refractivity contribution is 5.81. The summed E-state index contributed by atoms with van der Waals surface area (Å²) in [5.74, 6) is -0.0947. The summed E-state index contributed by atoms with van der Waals surface area (Å²) in [4.78, 5) is 13.1. The molecule has 1 aliphatic heterocycles. The summed E-state index contributed by atoms with van der Waals surface area (Å²) < 4.78 is 0. The van der Waals surface area contributed by atoms with Gasteiger partial charge in [0.15, 0.2) is 0 Å². The number of hydrogen-bond acceptors (Lipinski definition) is 4. The highest BCUT2D eigenvalue weighted by Crippen LogP contribution is 1.98. The fourth-order valence-corrected chi connectivity index (χ4v) is 1.38. The molecule has 1 heterocycles. The van der Waals surface area contributed by atoms with Crippen LogP contribution in [0.3, 0.4) is 0 Å². The van der Waals surface area contributed by atoms with Crippen molar-refractivity contribution in [3.8, 4) is 0 Å². The van der Waals surface area contributed by atoms with Crippen LogP contribution in [0.2, 0.25) is 0 Å². The molecule has 1 aliphatic rings. The van der Waals surface area contributed by atoms with Crippen molar-refractivity contribution in [2.45, 2.75) is 19.1 Å². The third kappa shape index (κ3) is 2.95. The van der Waals surface area contributed by atoms with Crippen LogP contribution in [0.25, 0.3) is 0 Å². The van der Waals surface area contributed by atoms with Crippen LogP contribution in [-0.2, 0) is 4.79 Å². The summed E-state index contributed by atoms with van der Waals surface area (Å²) >= 11 is 0. The largest absolute Gasteiger partial charge is 0.390 e. The highest BCUT2D eigenvalue weighted by atomic mass is 16.3. The Kier molecular flexibility index (Phi) is 3.65. The van der Waals surface area contributed by atoms with Gasteiger partial charge in [0.25, 0.3) is 0 Å². The molecular weight excluding hydrogens is 170 g/mol. The van der Waals surface area contributed by atoms with Gasteiger partial charge in [-0.15, -0.1) is 0 Å². The summed E-state index contributed by atoms with van der Waals surface area (Å²) in [5.41, 5.74) is 5.47. The molecule has 1 rings (SSSR count). The number of nitrogens with two attached hydrogens (primary N) is 1. The first-order chi connectivity index (χ1) is 6.11. The van der Waals surface area contributed by atoms with Crippen molar-refractivity contribution in [2.75, 3.05) is 26.2 Å². The second-order valence-electron chi connectivity index (χ2n) is 3.43. The number of rotatable bonds is 1. The van der Waals surface area contributed by atoms with Crippen molar-refractivity contribution < 1.29 is 9.90 Å². The van der Waals surface area contributed by atoms with E-state index in [9.17, 15) is 9.90 Å². The Bertz CT molecular complexity index is 184. The quantitative estimate of drug-likeness (QED) is 0.449. The van der Waals surface area contributed by atoms with Crippen molar-refractivity contribution in [1.82, 2.24) is 10.2 Å². The Labute approximate surface area is 77.9 Å². The monoisotopic (exact) mass is 187 g/mol. The van der Waals surface area contributed by atoms with Crippen LogP contribution >= 0.6 is 0 Å². The lowest BCUT2D eigenvalue weighted by Gasteiger charge is -2.23. The Hall–Kier alpha value is -0.650. The molecule has 0 bridgehead atoms. The van der Waals surface area contributed by atoms with Crippen molar-refractivity contribution in [2.24, 2.45) is 5.73 Å². The van der Waals surface area contributed by atoms with Gasteiger partial charge in [0, 0.05) is 26.2 Å². The molecule has 0 radical (unpaired) electrons. The second-order valence-corrected chi connectivity index (χ2v) is 3.43. The first kappa shape index (κ1) is 10.4. The molecule has 13 heavy (non-hydrogen) atoms. The van der Waals surface area contributed by atoms with Crippen LogP contribution in [0, 0.1) is 0 Å².